The number of aromatic nitrogens is 1. The van der Waals surface area contributed by atoms with Crippen molar-refractivity contribution in [3.05, 3.63) is 41.1 Å². The van der Waals surface area contributed by atoms with Crippen LogP contribution in [-0.2, 0) is 11.3 Å². The van der Waals surface area contributed by atoms with E-state index in [0.29, 0.717) is 29.6 Å². The van der Waals surface area contributed by atoms with Gasteiger partial charge >= 0.3 is 6.03 Å². The smallest absolute Gasteiger partial charge is 0.318 e. The van der Waals surface area contributed by atoms with E-state index in [0.717, 1.165) is 5.56 Å². The minimum Gasteiger partial charge on any atom is -0.359 e. The lowest BCUT2D eigenvalue weighted by Gasteiger charge is -2.37. The highest BCUT2D eigenvalue weighted by atomic mass is 35.5. The highest BCUT2D eigenvalue weighted by Gasteiger charge is 2.32. The van der Waals surface area contributed by atoms with Gasteiger partial charge in [0.15, 0.2) is 5.76 Å². The molecule has 0 radical (unpaired) electrons. The van der Waals surface area contributed by atoms with Crippen LogP contribution in [0.5, 0.6) is 0 Å². The first kappa shape index (κ1) is 17.3. The molecule has 2 heterocycles. The standard InChI is InChI=1S/C17H19ClN4O3/c1-11-16(23)21(2)7-8-22(11)17(24)19-10-12-9-15(20-25-12)13-5-3-4-6-14(13)18/h3-6,9,11H,7-8,10H2,1-2H3,(H,19,24). The number of hydrogen-bond acceptors (Lipinski definition) is 4. The quantitative estimate of drug-likeness (QED) is 0.909. The number of amides is 3. The van der Waals surface area contributed by atoms with Gasteiger partial charge in [-0.2, -0.15) is 0 Å². The minimum atomic E-state index is -0.479. The van der Waals surface area contributed by atoms with Crippen LogP contribution in [0.4, 0.5) is 4.79 Å². The van der Waals surface area contributed by atoms with Gasteiger partial charge in [0, 0.05) is 31.8 Å². The zero-order valence-electron chi connectivity index (χ0n) is 14.0. The van der Waals surface area contributed by atoms with E-state index in [1.165, 1.54) is 4.90 Å². The summed E-state index contributed by atoms with van der Waals surface area (Å²) in [6.45, 7) is 2.93. The Bertz CT molecular complexity index is 792. The van der Waals surface area contributed by atoms with Crippen molar-refractivity contribution < 1.29 is 14.1 Å². The van der Waals surface area contributed by atoms with E-state index >= 15 is 0 Å². The number of nitrogens with zero attached hydrogens (tertiary/aromatic N) is 3. The third kappa shape index (κ3) is 3.61. The third-order valence-corrected chi connectivity index (χ3v) is 4.59. The van der Waals surface area contributed by atoms with Crippen molar-refractivity contribution in [3.63, 3.8) is 0 Å². The van der Waals surface area contributed by atoms with E-state index in [2.05, 4.69) is 10.5 Å². The van der Waals surface area contributed by atoms with Gasteiger partial charge in [-0.25, -0.2) is 4.79 Å². The van der Waals surface area contributed by atoms with Crippen molar-refractivity contribution in [2.75, 3.05) is 20.1 Å². The van der Waals surface area contributed by atoms with Crippen LogP contribution in [0.25, 0.3) is 11.3 Å². The normalized spacial score (nSPS) is 17.7. The molecular formula is C17H19ClN4O3. The van der Waals surface area contributed by atoms with Crippen molar-refractivity contribution in [1.82, 2.24) is 20.3 Å². The Morgan fingerprint density at radius 2 is 2.16 bits per heavy atom. The Morgan fingerprint density at radius 1 is 1.40 bits per heavy atom. The second-order valence-corrected chi connectivity index (χ2v) is 6.35. The van der Waals surface area contributed by atoms with Crippen LogP contribution in [0.15, 0.2) is 34.9 Å². The molecule has 0 saturated carbocycles. The van der Waals surface area contributed by atoms with Gasteiger partial charge in [-0.1, -0.05) is 35.0 Å². The molecule has 0 bridgehead atoms. The Balaban J connectivity index is 1.62. The Morgan fingerprint density at radius 3 is 2.92 bits per heavy atom. The largest absolute Gasteiger partial charge is 0.359 e. The summed E-state index contributed by atoms with van der Waals surface area (Å²) in [5.74, 6) is 0.443. The van der Waals surface area contributed by atoms with Crippen LogP contribution >= 0.6 is 11.6 Å². The molecule has 8 heteroatoms. The molecule has 1 fully saturated rings. The van der Waals surface area contributed by atoms with Crippen molar-refractivity contribution in [2.45, 2.75) is 19.5 Å². The summed E-state index contributed by atoms with van der Waals surface area (Å²) in [6.07, 6.45) is 0. The average Bonchev–Trinajstić information content (AvgIpc) is 3.07. The molecule has 1 aliphatic rings. The maximum Gasteiger partial charge on any atom is 0.318 e. The molecule has 1 unspecified atom stereocenters. The highest BCUT2D eigenvalue weighted by Crippen LogP contribution is 2.26. The molecule has 0 spiro atoms. The summed E-state index contributed by atoms with van der Waals surface area (Å²) < 4.78 is 5.26. The average molecular weight is 363 g/mol. The third-order valence-electron chi connectivity index (χ3n) is 4.26. The van der Waals surface area contributed by atoms with Crippen LogP contribution in [-0.4, -0.2) is 53.1 Å². The van der Waals surface area contributed by atoms with Gasteiger partial charge in [0.05, 0.1) is 11.6 Å². The SMILES string of the molecule is CC1C(=O)N(C)CCN1C(=O)NCc1cc(-c2ccccc2Cl)no1. The van der Waals surface area contributed by atoms with Crippen molar-refractivity contribution in [2.24, 2.45) is 0 Å². The molecule has 132 valence electrons. The van der Waals surface area contributed by atoms with Gasteiger partial charge in [0.2, 0.25) is 5.91 Å². The van der Waals surface area contributed by atoms with Crippen LogP contribution in [0.1, 0.15) is 12.7 Å². The number of piperazine rings is 1. The van der Waals surface area contributed by atoms with Gasteiger partial charge in [-0.15, -0.1) is 0 Å². The zero-order valence-corrected chi connectivity index (χ0v) is 14.8. The predicted octanol–water partition coefficient (Wildman–Crippen LogP) is 2.37. The molecule has 3 amide bonds. The molecule has 1 N–H and O–H groups in total. The number of rotatable bonds is 3. The summed E-state index contributed by atoms with van der Waals surface area (Å²) in [5, 5.41) is 7.33. The number of halogens is 1. The number of likely N-dealkylation sites (N-methyl/N-ethyl adjacent to an activating group) is 1. The number of benzene rings is 1. The van der Waals surface area contributed by atoms with Gasteiger partial charge in [0.1, 0.15) is 11.7 Å². The molecule has 1 aromatic heterocycles. The first-order chi connectivity index (χ1) is 12.0. The molecule has 1 atom stereocenters. The fraction of sp³-hybridized carbons (Fsp3) is 0.353. The van der Waals surface area contributed by atoms with Gasteiger partial charge in [-0.3, -0.25) is 4.79 Å². The lowest BCUT2D eigenvalue weighted by molar-refractivity contribution is -0.137. The van der Waals surface area contributed by atoms with E-state index in [1.54, 1.807) is 31.0 Å². The Hall–Kier alpha value is -2.54. The molecule has 1 saturated heterocycles. The van der Waals surface area contributed by atoms with E-state index in [9.17, 15) is 9.59 Å². The highest BCUT2D eigenvalue weighted by molar-refractivity contribution is 6.33. The molecule has 1 aromatic carbocycles. The molecule has 2 aromatic rings. The van der Waals surface area contributed by atoms with Gasteiger partial charge in [0.25, 0.3) is 0 Å². The first-order valence-corrected chi connectivity index (χ1v) is 8.35. The monoisotopic (exact) mass is 362 g/mol. The summed E-state index contributed by atoms with van der Waals surface area (Å²) >= 11 is 6.14. The Kier molecular flexibility index (Phi) is 4.94. The number of carbonyl (C=O) groups excluding carboxylic acids is 2. The lowest BCUT2D eigenvalue weighted by Crippen LogP contribution is -2.58. The summed E-state index contributed by atoms with van der Waals surface area (Å²) in [4.78, 5) is 27.4. The Labute approximate surface area is 150 Å². The molecule has 3 rings (SSSR count). The van der Waals surface area contributed by atoms with E-state index in [4.69, 9.17) is 16.1 Å². The summed E-state index contributed by atoms with van der Waals surface area (Å²) in [5.41, 5.74) is 1.38. The zero-order chi connectivity index (χ0) is 18.0. The molecule has 25 heavy (non-hydrogen) atoms. The number of nitrogens with one attached hydrogen (secondary N) is 1. The summed E-state index contributed by atoms with van der Waals surface area (Å²) in [7, 11) is 1.73. The molecule has 0 aliphatic carbocycles. The first-order valence-electron chi connectivity index (χ1n) is 7.97. The minimum absolute atomic E-state index is 0.0675. The van der Waals surface area contributed by atoms with E-state index in [-0.39, 0.29) is 18.5 Å². The molecule has 7 nitrogen and oxygen atoms in total. The number of urea groups is 1. The second kappa shape index (κ2) is 7.14. The van der Waals surface area contributed by atoms with Gasteiger partial charge in [-0.05, 0) is 13.0 Å². The maximum atomic E-state index is 12.3. The number of carbonyl (C=O) groups is 2. The van der Waals surface area contributed by atoms with E-state index < -0.39 is 6.04 Å². The fourth-order valence-corrected chi connectivity index (χ4v) is 2.98. The van der Waals surface area contributed by atoms with Crippen LogP contribution in [0.2, 0.25) is 5.02 Å². The van der Waals surface area contributed by atoms with Crippen LogP contribution in [0.3, 0.4) is 0 Å². The van der Waals surface area contributed by atoms with Crippen molar-refractivity contribution >= 4 is 23.5 Å². The van der Waals surface area contributed by atoms with Gasteiger partial charge < -0.3 is 19.6 Å². The maximum absolute atomic E-state index is 12.3. The molecular weight excluding hydrogens is 344 g/mol. The predicted molar refractivity (Wildman–Crippen MR) is 93.0 cm³/mol. The second-order valence-electron chi connectivity index (χ2n) is 5.95. The van der Waals surface area contributed by atoms with E-state index in [1.807, 2.05) is 18.2 Å². The lowest BCUT2D eigenvalue weighted by atomic mass is 10.1. The topological polar surface area (TPSA) is 78.7 Å². The van der Waals surface area contributed by atoms with Crippen LogP contribution < -0.4 is 5.32 Å². The van der Waals surface area contributed by atoms with Crippen LogP contribution in [0, 0.1) is 0 Å². The summed E-state index contributed by atoms with van der Waals surface area (Å²) in [6, 6.07) is 8.28. The van der Waals surface area contributed by atoms with Crippen molar-refractivity contribution in [1.29, 1.82) is 0 Å². The van der Waals surface area contributed by atoms with Crippen molar-refractivity contribution in [3.8, 4) is 11.3 Å². The fourth-order valence-electron chi connectivity index (χ4n) is 2.75. The molecule has 1 aliphatic heterocycles. The number of hydrogen-bond donors (Lipinski definition) is 1.